The van der Waals surface area contributed by atoms with Gasteiger partial charge in [0.2, 0.25) is 0 Å². The number of nitriles is 1. The maximum Gasteiger partial charge on any atom is 0.144 e. The molecule has 0 aliphatic carbocycles. The van der Waals surface area contributed by atoms with E-state index in [0.29, 0.717) is 17.9 Å². The first-order chi connectivity index (χ1) is 9.74. The van der Waals surface area contributed by atoms with Gasteiger partial charge < -0.3 is 10.1 Å². The highest BCUT2D eigenvalue weighted by molar-refractivity contribution is 5.52. The Morgan fingerprint density at radius 3 is 2.80 bits per heavy atom. The molecule has 1 aromatic carbocycles. The number of methoxy groups -OCH3 is 1. The highest BCUT2D eigenvalue weighted by Crippen LogP contribution is 2.18. The van der Waals surface area contributed by atoms with Crippen LogP contribution >= 0.6 is 0 Å². The van der Waals surface area contributed by atoms with E-state index in [-0.39, 0.29) is 0 Å². The fraction of sp³-hybridized carbons (Fsp3) is 0.250. The van der Waals surface area contributed by atoms with E-state index in [1.54, 1.807) is 13.2 Å². The smallest absolute Gasteiger partial charge is 0.144 e. The van der Waals surface area contributed by atoms with Crippen LogP contribution in [0.3, 0.4) is 0 Å². The average molecular weight is 267 g/mol. The van der Waals surface area contributed by atoms with E-state index in [4.69, 9.17) is 10.00 Å². The van der Waals surface area contributed by atoms with Crippen molar-refractivity contribution in [3.8, 4) is 11.8 Å². The van der Waals surface area contributed by atoms with Crippen LogP contribution < -0.4 is 10.1 Å². The second kappa shape index (κ2) is 6.58. The van der Waals surface area contributed by atoms with Crippen LogP contribution in [0, 0.1) is 18.3 Å². The topological polar surface area (TPSA) is 57.9 Å². The molecule has 1 aromatic heterocycles. The Balaban J connectivity index is 2.03. The van der Waals surface area contributed by atoms with Crippen LogP contribution in [0.25, 0.3) is 0 Å². The number of aromatic nitrogens is 1. The fourth-order valence-corrected chi connectivity index (χ4v) is 2.01. The van der Waals surface area contributed by atoms with Crippen LogP contribution in [-0.2, 0) is 6.42 Å². The fourth-order valence-electron chi connectivity index (χ4n) is 2.01. The molecule has 0 unspecified atom stereocenters. The Kier molecular flexibility index (Phi) is 4.56. The van der Waals surface area contributed by atoms with Crippen molar-refractivity contribution in [3.05, 3.63) is 53.2 Å². The van der Waals surface area contributed by atoms with E-state index in [1.165, 1.54) is 0 Å². The molecule has 4 heteroatoms. The Labute approximate surface area is 119 Å². The van der Waals surface area contributed by atoms with Crippen LogP contribution in [0.5, 0.6) is 5.75 Å². The molecule has 0 saturated carbocycles. The number of anilines is 1. The molecule has 20 heavy (non-hydrogen) atoms. The predicted molar refractivity (Wildman–Crippen MR) is 78.9 cm³/mol. The zero-order valence-corrected chi connectivity index (χ0v) is 11.7. The van der Waals surface area contributed by atoms with E-state index < -0.39 is 0 Å². The van der Waals surface area contributed by atoms with Gasteiger partial charge in [0, 0.05) is 12.2 Å². The maximum atomic E-state index is 9.06. The molecular formula is C16H17N3O. The molecule has 0 amide bonds. The lowest BCUT2D eigenvalue weighted by molar-refractivity contribution is 0.410. The minimum absolute atomic E-state index is 0.565. The summed E-state index contributed by atoms with van der Waals surface area (Å²) >= 11 is 0. The van der Waals surface area contributed by atoms with E-state index in [9.17, 15) is 0 Å². The molecule has 4 nitrogen and oxygen atoms in total. The normalized spacial score (nSPS) is 9.85. The summed E-state index contributed by atoms with van der Waals surface area (Å²) in [6.45, 7) is 2.61. The lowest BCUT2D eigenvalue weighted by Gasteiger charge is -2.10. The average Bonchev–Trinajstić information content (AvgIpc) is 2.48. The molecule has 2 aromatic rings. The lowest BCUT2D eigenvalue weighted by atomic mass is 10.1. The molecule has 0 aliphatic rings. The largest absolute Gasteiger partial charge is 0.496 e. The van der Waals surface area contributed by atoms with Crippen molar-refractivity contribution in [2.24, 2.45) is 0 Å². The highest BCUT2D eigenvalue weighted by atomic mass is 16.5. The summed E-state index contributed by atoms with van der Waals surface area (Å²) in [4.78, 5) is 4.35. The molecule has 0 fully saturated rings. The molecule has 0 spiro atoms. The Morgan fingerprint density at radius 1 is 1.25 bits per heavy atom. The van der Waals surface area contributed by atoms with Crippen LogP contribution in [0.1, 0.15) is 16.8 Å². The van der Waals surface area contributed by atoms with E-state index in [1.807, 2.05) is 37.3 Å². The Morgan fingerprint density at radius 2 is 2.05 bits per heavy atom. The first-order valence-electron chi connectivity index (χ1n) is 6.48. The summed E-state index contributed by atoms with van der Waals surface area (Å²) in [5.41, 5.74) is 2.59. The summed E-state index contributed by atoms with van der Waals surface area (Å²) in [6.07, 6.45) is 0.810. The first-order valence-corrected chi connectivity index (χ1v) is 6.48. The number of hydrogen-bond donors (Lipinski definition) is 1. The van der Waals surface area contributed by atoms with Gasteiger partial charge in [0.25, 0.3) is 0 Å². The van der Waals surface area contributed by atoms with Gasteiger partial charge in [-0.2, -0.15) is 5.26 Å². The second-order valence-corrected chi connectivity index (χ2v) is 4.45. The van der Waals surface area contributed by atoms with Gasteiger partial charge in [0.1, 0.15) is 17.6 Å². The van der Waals surface area contributed by atoms with Crippen LogP contribution in [-0.4, -0.2) is 18.6 Å². The van der Waals surface area contributed by atoms with Gasteiger partial charge in [0.15, 0.2) is 0 Å². The van der Waals surface area contributed by atoms with Crippen molar-refractivity contribution >= 4 is 5.82 Å². The van der Waals surface area contributed by atoms with Gasteiger partial charge in [-0.15, -0.1) is 0 Å². The van der Waals surface area contributed by atoms with Crippen LogP contribution in [0.4, 0.5) is 5.82 Å². The summed E-state index contributed by atoms with van der Waals surface area (Å²) < 4.78 is 5.32. The second-order valence-electron chi connectivity index (χ2n) is 4.45. The molecule has 0 bridgehead atoms. The summed E-state index contributed by atoms with van der Waals surface area (Å²) in [5.74, 6) is 1.52. The molecule has 0 aliphatic heterocycles. The quantitative estimate of drug-likeness (QED) is 0.905. The number of aryl methyl sites for hydroxylation is 1. The van der Waals surface area contributed by atoms with Crippen molar-refractivity contribution in [3.63, 3.8) is 0 Å². The molecule has 1 heterocycles. The number of benzene rings is 1. The number of nitrogens with one attached hydrogen (secondary N) is 1. The molecule has 1 N–H and O–H groups in total. The van der Waals surface area contributed by atoms with E-state index in [0.717, 1.165) is 23.4 Å². The van der Waals surface area contributed by atoms with Crippen molar-refractivity contribution in [2.45, 2.75) is 13.3 Å². The van der Waals surface area contributed by atoms with Gasteiger partial charge in [0.05, 0.1) is 12.7 Å². The summed E-state index contributed by atoms with van der Waals surface area (Å²) in [6, 6.07) is 13.7. The summed E-state index contributed by atoms with van der Waals surface area (Å²) in [5, 5.41) is 12.3. The third kappa shape index (κ3) is 3.27. The number of rotatable bonds is 5. The monoisotopic (exact) mass is 267 g/mol. The minimum atomic E-state index is 0.565. The van der Waals surface area contributed by atoms with E-state index >= 15 is 0 Å². The number of nitrogens with zero attached hydrogens (tertiary/aromatic N) is 2. The van der Waals surface area contributed by atoms with Gasteiger partial charge in [-0.25, -0.2) is 4.98 Å². The SMILES string of the molecule is COc1ccccc1CCNc1nc(C)ccc1C#N. The molecule has 2 rings (SSSR count). The van der Waals surface area contributed by atoms with Crippen molar-refractivity contribution in [1.82, 2.24) is 4.98 Å². The number of ether oxygens (including phenoxy) is 1. The van der Waals surface area contributed by atoms with Crippen molar-refractivity contribution in [1.29, 1.82) is 5.26 Å². The maximum absolute atomic E-state index is 9.06. The predicted octanol–water partition coefficient (Wildman–Crippen LogP) is 2.92. The molecular weight excluding hydrogens is 250 g/mol. The molecule has 0 radical (unpaired) electrons. The van der Waals surface area contributed by atoms with Crippen molar-refractivity contribution in [2.75, 3.05) is 19.0 Å². The van der Waals surface area contributed by atoms with Gasteiger partial charge in [-0.1, -0.05) is 18.2 Å². The van der Waals surface area contributed by atoms with Crippen molar-refractivity contribution < 1.29 is 4.74 Å². The number of para-hydroxylation sites is 1. The minimum Gasteiger partial charge on any atom is -0.496 e. The Hall–Kier alpha value is -2.54. The lowest BCUT2D eigenvalue weighted by Crippen LogP contribution is -2.09. The molecule has 102 valence electrons. The third-order valence-electron chi connectivity index (χ3n) is 3.03. The first kappa shape index (κ1) is 13.9. The standard InChI is InChI=1S/C16H17N3O/c1-12-7-8-14(11-17)16(19-12)18-10-9-13-5-3-4-6-15(13)20-2/h3-8H,9-10H2,1-2H3,(H,18,19). The zero-order chi connectivity index (χ0) is 14.4. The molecule has 0 atom stereocenters. The van der Waals surface area contributed by atoms with Gasteiger partial charge in [-0.05, 0) is 37.1 Å². The third-order valence-corrected chi connectivity index (χ3v) is 3.03. The van der Waals surface area contributed by atoms with E-state index in [2.05, 4.69) is 16.4 Å². The summed E-state index contributed by atoms with van der Waals surface area (Å²) in [7, 11) is 1.67. The van der Waals surface area contributed by atoms with Crippen LogP contribution in [0.15, 0.2) is 36.4 Å². The molecule has 0 saturated heterocycles. The Bertz CT molecular complexity index is 632. The van der Waals surface area contributed by atoms with Gasteiger partial charge in [-0.3, -0.25) is 0 Å². The zero-order valence-electron chi connectivity index (χ0n) is 11.7. The van der Waals surface area contributed by atoms with Crippen LogP contribution in [0.2, 0.25) is 0 Å². The van der Waals surface area contributed by atoms with Gasteiger partial charge >= 0.3 is 0 Å². The number of pyridine rings is 1. The highest BCUT2D eigenvalue weighted by Gasteiger charge is 2.05. The number of hydrogen-bond acceptors (Lipinski definition) is 4.